The van der Waals surface area contributed by atoms with Crippen LogP contribution in [0.25, 0.3) is 0 Å². The van der Waals surface area contributed by atoms with Crippen molar-refractivity contribution in [3.05, 3.63) is 16.2 Å². The molecule has 0 saturated heterocycles. The Morgan fingerprint density at radius 1 is 1.56 bits per heavy atom. The van der Waals surface area contributed by atoms with Gasteiger partial charge in [0, 0.05) is 0 Å². The van der Waals surface area contributed by atoms with E-state index in [2.05, 4.69) is 25.7 Å². The summed E-state index contributed by atoms with van der Waals surface area (Å²) in [5.74, 6) is -0.214. The summed E-state index contributed by atoms with van der Waals surface area (Å²) in [5, 5.41) is 4.16. The number of primary sulfonamides is 1. The highest BCUT2D eigenvalue weighted by Gasteiger charge is 2.25. The van der Waals surface area contributed by atoms with E-state index in [0.29, 0.717) is 0 Å². The van der Waals surface area contributed by atoms with Gasteiger partial charge < -0.3 is 4.74 Å². The Kier molecular flexibility index (Phi) is 3.81. The fourth-order valence-corrected chi connectivity index (χ4v) is 2.74. The summed E-state index contributed by atoms with van der Waals surface area (Å²) < 4.78 is 51.7. The molecule has 2 N–H and O–H groups in total. The maximum absolute atomic E-state index is 12.7. The van der Waals surface area contributed by atoms with Gasteiger partial charge in [0.2, 0.25) is 0 Å². The van der Waals surface area contributed by atoms with Crippen LogP contribution in [0.2, 0.25) is 0 Å². The number of alkyl halides is 2. The first-order valence-corrected chi connectivity index (χ1v) is 6.16. The van der Waals surface area contributed by atoms with Crippen LogP contribution in [-0.4, -0.2) is 20.5 Å². The van der Waals surface area contributed by atoms with Crippen LogP contribution >= 0.6 is 15.9 Å². The van der Waals surface area contributed by atoms with Crippen LogP contribution in [0, 0.1) is 0 Å². The lowest BCUT2D eigenvalue weighted by molar-refractivity contribution is 0.145. The SMILES string of the molecule is COc1cnc(S(N)(=O)=O)c(Br)c1C(F)F. The minimum Gasteiger partial charge on any atom is -0.495 e. The van der Waals surface area contributed by atoms with Crippen molar-refractivity contribution in [1.29, 1.82) is 0 Å². The summed E-state index contributed by atoms with van der Waals surface area (Å²) in [6.45, 7) is 0. The van der Waals surface area contributed by atoms with Gasteiger partial charge in [-0.15, -0.1) is 0 Å². The van der Waals surface area contributed by atoms with Crippen LogP contribution in [0.3, 0.4) is 0 Å². The molecule has 0 saturated carbocycles. The third-order valence-corrected chi connectivity index (χ3v) is 3.61. The number of hydrogen-bond acceptors (Lipinski definition) is 4. The first-order valence-electron chi connectivity index (χ1n) is 3.82. The van der Waals surface area contributed by atoms with Crippen LogP contribution < -0.4 is 9.88 Å². The van der Waals surface area contributed by atoms with Gasteiger partial charge in [-0.3, -0.25) is 0 Å². The van der Waals surface area contributed by atoms with Crippen molar-refractivity contribution in [2.45, 2.75) is 11.5 Å². The smallest absolute Gasteiger partial charge is 0.268 e. The highest BCUT2D eigenvalue weighted by Crippen LogP contribution is 2.37. The van der Waals surface area contributed by atoms with Gasteiger partial charge in [0.05, 0.1) is 23.3 Å². The van der Waals surface area contributed by atoms with Crippen molar-refractivity contribution in [1.82, 2.24) is 4.98 Å². The Bertz CT molecular complexity index is 507. The third-order valence-electron chi connectivity index (χ3n) is 1.70. The van der Waals surface area contributed by atoms with E-state index in [1.807, 2.05) is 0 Å². The molecule has 0 amide bonds. The van der Waals surface area contributed by atoms with E-state index in [4.69, 9.17) is 5.14 Å². The number of nitrogens with zero attached hydrogens (tertiary/aromatic N) is 1. The number of halogens is 3. The average molecular weight is 317 g/mol. The standard InChI is InChI=1S/C7H7BrF2N2O3S/c1-15-3-2-12-7(16(11,13)14)5(8)4(3)6(9)10/h2,6H,1H3,(H2,11,13,14). The molecule has 1 aromatic rings. The Morgan fingerprint density at radius 3 is 2.50 bits per heavy atom. The van der Waals surface area contributed by atoms with E-state index in [-0.39, 0.29) is 10.2 Å². The number of nitrogens with two attached hydrogens (primary N) is 1. The second-order valence-electron chi connectivity index (χ2n) is 2.71. The van der Waals surface area contributed by atoms with Gasteiger partial charge in [0.15, 0.2) is 5.03 Å². The van der Waals surface area contributed by atoms with Gasteiger partial charge in [-0.25, -0.2) is 27.3 Å². The number of methoxy groups -OCH3 is 1. The molecule has 1 rings (SSSR count). The first-order chi connectivity index (χ1) is 7.29. The van der Waals surface area contributed by atoms with Crippen molar-refractivity contribution in [3.63, 3.8) is 0 Å². The molecule has 0 aliphatic carbocycles. The van der Waals surface area contributed by atoms with Gasteiger partial charge in [-0.05, 0) is 15.9 Å². The number of sulfonamides is 1. The van der Waals surface area contributed by atoms with Crippen molar-refractivity contribution >= 4 is 26.0 Å². The molecule has 9 heteroatoms. The number of rotatable bonds is 3. The van der Waals surface area contributed by atoms with Crippen molar-refractivity contribution in [3.8, 4) is 5.75 Å². The highest BCUT2D eigenvalue weighted by atomic mass is 79.9. The molecule has 5 nitrogen and oxygen atoms in total. The predicted molar refractivity (Wildman–Crippen MR) is 54.8 cm³/mol. The van der Waals surface area contributed by atoms with Crippen molar-refractivity contribution in [2.24, 2.45) is 5.14 Å². The van der Waals surface area contributed by atoms with E-state index in [9.17, 15) is 17.2 Å². The molecule has 0 unspecified atom stereocenters. The molecule has 0 aliphatic rings. The van der Waals surface area contributed by atoms with E-state index < -0.39 is 27.0 Å². The second kappa shape index (κ2) is 4.60. The van der Waals surface area contributed by atoms with E-state index in [1.54, 1.807) is 0 Å². The molecule has 0 bridgehead atoms. The van der Waals surface area contributed by atoms with Crippen LogP contribution in [-0.2, 0) is 10.0 Å². The van der Waals surface area contributed by atoms with Crippen molar-refractivity contribution in [2.75, 3.05) is 7.11 Å². The molecule has 0 atom stereocenters. The lowest BCUT2D eigenvalue weighted by atomic mass is 10.2. The van der Waals surface area contributed by atoms with Gasteiger partial charge >= 0.3 is 0 Å². The summed E-state index contributed by atoms with van der Waals surface area (Å²) in [4.78, 5) is 3.45. The Balaban J connectivity index is 3.57. The molecule has 90 valence electrons. The molecule has 0 aliphatic heterocycles. The number of ether oxygens (including phenoxy) is 1. The van der Waals surface area contributed by atoms with Gasteiger partial charge in [-0.1, -0.05) is 0 Å². The average Bonchev–Trinajstić information content (AvgIpc) is 2.14. The molecular formula is C7H7BrF2N2O3S. The molecule has 0 spiro atoms. The van der Waals surface area contributed by atoms with Crippen LogP contribution in [0.5, 0.6) is 5.75 Å². The van der Waals surface area contributed by atoms with Crippen LogP contribution in [0.1, 0.15) is 12.0 Å². The van der Waals surface area contributed by atoms with E-state index in [0.717, 1.165) is 6.20 Å². The minimum atomic E-state index is -4.16. The topological polar surface area (TPSA) is 82.3 Å². The molecular weight excluding hydrogens is 310 g/mol. The molecule has 0 aromatic carbocycles. The number of hydrogen-bond donors (Lipinski definition) is 1. The Labute approximate surface area is 98.8 Å². The normalized spacial score (nSPS) is 11.9. The zero-order valence-corrected chi connectivity index (χ0v) is 10.3. The maximum atomic E-state index is 12.7. The van der Waals surface area contributed by atoms with E-state index >= 15 is 0 Å². The Morgan fingerprint density at radius 2 is 2.12 bits per heavy atom. The number of pyridine rings is 1. The predicted octanol–water partition coefficient (Wildman–Crippen LogP) is 1.44. The lowest BCUT2D eigenvalue weighted by Gasteiger charge is -2.11. The van der Waals surface area contributed by atoms with Gasteiger partial charge in [0.25, 0.3) is 16.4 Å². The monoisotopic (exact) mass is 316 g/mol. The van der Waals surface area contributed by atoms with Gasteiger partial charge in [-0.2, -0.15) is 0 Å². The minimum absolute atomic E-state index is 0.214. The third kappa shape index (κ3) is 2.47. The zero-order valence-electron chi connectivity index (χ0n) is 7.95. The summed E-state index contributed by atoms with van der Waals surface area (Å²) in [7, 11) is -2.99. The van der Waals surface area contributed by atoms with Crippen LogP contribution in [0.15, 0.2) is 15.7 Å². The number of aromatic nitrogens is 1. The quantitative estimate of drug-likeness (QED) is 0.914. The maximum Gasteiger partial charge on any atom is 0.268 e. The van der Waals surface area contributed by atoms with Crippen LogP contribution in [0.4, 0.5) is 8.78 Å². The molecule has 16 heavy (non-hydrogen) atoms. The van der Waals surface area contributed by atoms with E-state index in [1.165, 1.54) is 7.11 Å². The summed E-state index contributed by atoms with van der Waals surface area (Å²) in [6.07, 6.45) is -2.03. The Hall–Kier alpha value is -0.800. The summed E-state index contributed by atoms with van der Waals surface area (Å²) in [6, 6.07) is 0. The highest BCUT2D eigenvalue weighted by molar-refractivity contribution is 9.10. The van der Waals surface area contributed by atoms with Crippen molar-refractivity contribution < 1.29 is 21.9 Å². The fraction of sp³-hybridized carbons (Fsp3) is 0.286. The fourth-order valence-electron chi connectivity index (χ4n) is 1.03. The van der Waals surface area contributed by atoms with Gasteiger partial charge in [0.1, 0.15) is 5.75 Å². The zero-order chi connectivity index (χ0) is 12.5. The second-order valence-corrected chi connectivity index (χ2v) is 4.97. The first kappa shape index (κ1) is 13.3. The molecule has 0 radical (unpaired) electrons. The molecule has 1 heterocycles. The largest absolute Gasteiger partial charge is 0.495 e. The summed E-state index contributed by atoms with van der Waals surface area (Å²) >= 11 is 2.73. The lowest BCUT2D eigenvalue weighted by Crippen LogP contribution is -2.16. The summed E-state index contributed by atoms with van der Waals surface area (Å²) in [5.41, 5.74) is -0.596. The molecule has 0 fully saturated rings. The molecule has 1 aromatic heterocycles.